The Bertz CT molecular complexity index is 3610. The van der Waals surface area contributed by atoms with Gasteiger partial charge in [0.1, 0.15) is 28.2 Å². The lowest BCUT2D eigenvalue weighted by molar-refractivity contribution is 0.551. The number of aryl methyl sites for hydroxylation is 2. The van der Waals surface area contributed by atoms with Crippen LogP contribution in [0.25, 0.3) is 110 Å². The van der Waals surface area contributed by atoms with Crippen LogP contribution in [0.5, 0.6) is 0 Å². The molecule has 0 aliphatic heterocycles. The first-order chi connectivity index (χ1) is 27.9. The van der Waals surface area contributed by atoms with Crippen LogP contribution in [0.3, 0.4) is 0 Å². The number of benzene rings is 7. The minimum Gasteiger partial charge on any atom is -0.456 e. The lowest BCUT2D eigenvalue weighted by Crippen LogP contribution is -2.05. The third-order valence-electron chi connectivity index (χ3n) is 11.2. The van der Waals surface area contributed by atoms with Gasteiger partial charge < -0.3 is 13.3 Å². The van der Waals surface area contributed by atoms with E-state index in [2.05, 4.69) is 47.4 Å². The predicted molar refractivity (Wildman–Crippen MR) is 228 cm³/mol. The van der Waals surface area contributed by atoms with Gasteiger partial charge in [-0.3, -0.25) is 4.98 Å². The van der Waals surface area contributed by atoms with Crippen molar-refractivity contribution in [1.29, 1.82) is 0 Å². The Morgan fingerprint density at radius 1 is 0.439 bits per heavy atom. The summed E-state index contributed by atoms with van der Waals surface area (Å²) in [5.41, 5.74) is 5.63. The van der Waals surface area contributed by atoms with E-state index in [1.54, 1.807) is 12.4 Å². The third-order valence-corrected chi connectivity index (χ3v) is 11.2. The molecule has 0 saturated heterocycles. The van der Waals surface area contributed by atoms with Crippen LogP contribution in [-0.4, -0.2) is 9.97 Å². The number of hydrogen-bond donors (Lipinski definition) is 0. The summed E-state index contributed by atoms with van der Waals surface area (Å²) in [7, 11) is 0. The molecular formula is C50H30N2O5. The zero-order valence-corrected chi connectivity index (χ0v) is 30.8. The summed E-state index contributed by atoms with van der Waals surface area (Å²) < 4.78 is 18.4. The van der Waals surface area contributed by atoms with E-state index < -0.39 is 11.3 Å². The zero-order chi connectivity index (χ0) is 38.4. The van der Waals surface area contributed by atoms with Gasteiger partial charge in [-0.1, -0.05) is 103 Å². The second-order valence-corrected chi connectivity index (χ2v) is 14.5. The van der Waals surface area contributed by atoms with Gasteiger partial charge >= 0.3 is 11.3 Å². The molecule has 0 aliphatic carbocycles. The van der Waals surface area contributed by atoms with Crippen molar-refractivity contribution in [3.05, 3.63) is 178 Å². The number of hydrogen-bond acceptors (Lipinski definition) is 7. The highest BCUT2D eigenvalue weighted by atomic mass is 16.4. The molecule has 0 N–H and O–H groups in total. The van der Waals surface area contributed by atoms with Crippen molar-refractivity contribution in [2.75, 3.05) is 0 Å². The summed E-state index contributed by atoms with van der Waals surface area (Å²) in [5, 5.41) is 9.59. The molecule has 7 nitrogen and oxygen atoms in total. The van der Waals surface area contributed by atoms with Crippen LogP contribution in [0.15, 0.2) is 169 Å². The highest BCUT2D eigenvalue weighted by molar-refractivity contribution is 6.24. The second-order valence-electron chi connectivity index (χ2n) is 14.5. The molecule has 7 aromatic carbocycles. The SMILES string of the molecule is Cc1ccc2c(-c3ccc(-c4cc5c(ccc6ccccc65)oc4=O)o3)c(C)ccc2c1-c1cncc(-c2cc3c4ccccc4c4ccccc4c3oc2=O)n1. The van der Waals surface area contributed by atoms with E-state index >= 15 is 0 Å². The van der Waals surface area contributed by atoms with E-state index in [1.165, 1.54) is 0 Å². The van der Waals surface area contributed by atoms with Gasteiger partial charge in [0.15, 0.2) is 0 Å². The molecule has 0 radical (unpaired) electrons. The Morgan fingerprint density at radius 3 is 1.82 bits per heavy atom. The molecular weight excluding hydrogens is 709 g/mol. The molecule has 0 amide bonds. The molecule has 0 aliphatic rings. The molecule has 0 unspecified atom stereocenters. The van der Waals surface area contributed by atoms with Crippen LogP contribution >= 0.6 is 0 Å². The lowest BCUT2D eigenvalue weighted by Gasteiger charge is -2.15. The first kappa shape index (κ1) is 32.8. The van der Waals surface area contributed by atoms with Crippen LogP contribution in [0.2, 0.25) is 0 Å². The summed E-state index contributed by atoms with van der Waals surface area (Å²) in [5.74, 6) is 1.04. The molecule has 0 fully saturated rings. The summed E-state index contributed by atoms with van der Waals surface area (Å²) >= 11 is 0. The summed E-state index contributed by atoms with van der Waals surface area (Å²) in [6.45, 7) is 4.08. The maximum absolute atomic E-state index is 13.8. The van der Waals surface area contributed by atoms with Gasteiger partial charge in [-0.15, -0.1) is 0 Å². The summed E-state index contributed by atoms with van der Waals surface area (Å²) in [6, 6.07) is 43.7. The standard InChI is InChI=1S/C50H30N2O5/c1-27-15-19-35-34(18-16-28(2)47(35)45-22-21-44(55-45)40-23-37-30-10-4-3-9-29(30)17-20-43(37)56-50(40)54)46(27)42-26-51-25-41(52-42)39-24-38-33-13-6-5-11-31(33)32-12-7-8-14-36(32)48(38)57-49(39)53/h3-26H,1-2H3. The van der Waals surface area contributed by atoms with Gasteiger partial charge in [0.25, 0.3) is 0 Å². The van der Waals surface area contributed by atoms with Gasteiger partial charge in [-0.05, 0) is 93.0 Å². The maximum atomic E-state index is 13.8. The summed E-state index contributed by atoms with van der Waals surface area (Å²) in [6.07, 6.45) is 3.33. The van der Waals surface area contributed by atoms with Crippen molar-refractivity contribution in [3.63, 3.8) is 0 Å². The average Bonchev–Trinajstić information content (AvgIpc) is 3.73. The molecule has 11 rings (SSSR count). The molecule has 0 saturated carbocycles. The van der Waals surface area contributed by atoms with Gasteiger partial charge in [-0.2, -0.15) is 0 Å². The lowest BCUT2D eigenvalue weighted by atomic mass is 9.91. The Labute approximate surface area is 324 Å². The number of nitrogens with zero attached hydrogens (tertiary/aromatic N) is 2. The molecule has 0 atom stereocenters. The molecule has 270 valence electrons. The van der Waals surface area contributed by atoms with Crippen molar-refractivity contribution in [3.8, 4) is 45.2 Å². The number of aromatic nitrogens is 2. The van der Waals surface area contributed by atoms with Gasteiger partial charge in [0.2, 0.25) is 0 Å². The smallest absolute Gasteiger partial charge is 0.347 e. The van der Waals surface area contributed by atoms with E-state index in [-0.39, 0.29) is 0 Å². The first-order valence-corrected chi connectivity index (χ1v) is 18.7. The highest BCUT2D eigenvalue weighted by Gasteiger charge is 2.21. The Balaban J connectivity index is 1.04. The van der Waals surface area contributed by atoms with E-state index in [9.17, 15) is 9.59 Å². The number of rotatable bonds is 4. The van der Waals surface area contributed by atoms with Gasteiger partial charge in [-0.25, -0.2) is 14.6 Å². The fraction of sp³-hybridized carbons (Fsp3) is 0.0400. The minimum atomic E-state index is -0.482. The van der Waals surface area contributed by atoms with Crippen molar-refractivity contribution >= 4 is 65.0 Å². The fourth-order valence-corrected chi connectivity index (χ4v) is 8.49. The fourth-order valence-electron chi connectivity index (χ4n) is 8.49. The molecule has 0 spiro atoms. The first-order valence-electron chi connectivity index (χ1n) is 18.7. The Kier molecular flexibility index (Phi) is 7.15. The molecule has 11 aromatic rings. The molecule has 4 aromatic heterocycles. The van der Waals surface area contributed by atoms with Crippen LogP contribution in [0.4, 0.5) is 0 Å². The highest BCUT2D eigenvalue weighted by Crippen LogP contribution is 2.41. The van der Waals surface area contributed by atoms with Gasteiger partial charge in [0, 0.05) is 27.3 Å². The Morgan fingerprint density at radius 2 is 1.04 bits per heavy atom. The van der Waals surface area contributed by atoms with Crippen molar-refractivity contribution in [1.82, 2.24) is 9.97 Å². The maximum Gasteiger partial charge on any atom is 0.347 e. The quantitative estimate of drug-likeness (QED) is 0.131. The normalized spacial score (nSPS) is 11.8. The minimum absolute atomic E-state index is 0.334. The van der Waals surface area contributed by atoms with Crippen LogP contribution in [0.1, 0.15) is 11.1 Å². The summed E-state index contributed by atoms with van der Waals surface area (Å²) in [4.78, 5) is 36.7. The molecule has 57 heavy (non-hydrogen) atoms. The topological polar surface area (TPSA) is 99.3 Å². The van der Waals surface area contributed by atoms with Crippen LogP contribution in [-0.2, 0) is 0 Å². The second kappa shape index (κ2) is 12.4. The monoisotopic (exact) mass is 738 g/mol. The van der Waals surface area contributed by atoms with Crippen molar-refractivity contribution in [2.45, 2.75) is 13.8 Å². The Hall–Kier alpha value is -7.64. The predicted octanol–water partition coefficient (Wildman–Crippen LogP) is 12.2. The zero-order valence-electron chi connectivity index (χ0n) is 30.8. The van der Waals surface area contributed by atoms with Crippen LogP contribution < -0.4 is 11.3 Å². The molecule has 4 heterocycles. The average molecular weight is 739 g/mol. The van der Waals surface area contributed by atoms with Gasteiger partial charge in [0.05, 0.1) is 29.3 Å². The van der Waals surface area contributed by atoms with Crippen LogP contribution in [0, 0.1) is 13.8 Å². The number of furan rings is 1. The van der Waals surface area contributed by atoms with Crippen molar-refractivity contribution in [2.24, 2.45) is 0 Å². The molecule has 0 bridgehead atoms. The largest absolute Gasteiger partial charge is 0.456 e. The van der Waals surface area contributed by atoms with E-state index in [1.807, 2.05) is 105 Å². The van der Waals surface area contributed by atoms with E-state index in [0.717, 1.165) is 76.1 Å². The van der Waals surface area contributed by atoms with Crippen molar-refractivity contribution < 1.29 is 13.3 Å². The molecule has 7 heteroatoms. The third kappa shape index (κ3) is 5.06. The van der Waals surface area contributed by atoms with E-state index in [4.69, 9.17) is 18.2 Å². The van der Waals surface area contributed by atoms with E-state index in [0.29, 0.717) is 45.2 Å². The number of fused-ring (bicyclic) bond motifs is 10.